The summed E-state index contributed by atoms with van der Waals surface area (Å²) in [5.74, 6) is -0.830. The van der Waals surface area contributed by atoms with Crippen LogP contribution in [0.25, 0.3) is 0 Å². The Morgan fingerprint density at radius 2 is 2.17 bits per heavy atom. The predicted molar refractivity (Wildman–Crippen MR) is 68.5 cm³/mol. The van der Waals surface area contributed by atoms with Gasteiger partial charge < -0.3 is 10.4 Å². The van der Waals surface area contributed by atoms with Gasteiger partial charge in [-0.3, -0.25) is 9.59 Å². The van der Waals surface area contributed by atoms with Crippen molar-refractivity contribution in [3.63, 3.8) is 0 Å². The SMILES string of the molecule is CNc1ccc2c(c1)CCC(=O)N2C(=O)C(C)O. The van der Waals surface area contributed by atoms with Crippen molar-refractivity contribution >= 4 is 23.2 Å². The number of amides is 2. The number of aliphatic hydroxyl groups is 1. The molecule has 1 unspecified atom stereocenters. The van der Waals surface area contributed by atoms with Crippen LogP contribution in [0.1, 0.15) is 18.9 Å². The number of nitrogens with one attached hydrogen (secondary N) is 1. The van der Waals surface area contributed by atoms with Gasteiger partial charge in [0.05, 0.1) is 5.69 Å². The van der Waals surface area contributed by atoms with Crippen molar-refractivity contribution in [2.24, 2.45) is 0 Å². The number of rotatable bonds is 2. The first-order valence-electron chi connectivity index (χ1n) is 5.90. The van der Waals surface area contributed by atoms with Gasteiger partial charge in [0.15, 0.2) is 0 Å². The van der Waals surface area contributed by atoms with Crippen LogP contribution in [0.5, 0.6) is 0 Å². The van der Waals surface area contributed by atoms with Gasteiger partial charge in [-0.2, -0.15) is 0 Å². The topological polar surface area (TPSA) is 69.6 Å². The minimum Gasteiger partial charge on any atom is -0.388 e. The molecular weight excluding hydrogens is 232 g/mol. The lowest BCUT2D eigenvalue weighted by atomic mass is 10.00. The van der Waals surface area contributed by atoms with Crippen LogP contribution < -0.4 is 10.2 Å². The highest BCUT2D eigenvalue weighted by Crippen LogP contribution is 2.30. The number of hydrogen-bond donors (Lipinski definition) is 2. The first kappa shape index (κ1) is 12.6. The monoisotopic (exact) mass is 248 g/mol. The van der Waals surface area contributed by atoms with Gasteiger partial charge in [0.1, 0.15) is 6.10 Å². The highest BCUT2D eigenvalue weighted by atomic mass is 16.3. The second-order valence-corrected chi connectivity index (χ2v) is 4.34. The van der Waals surface area contributed by atoms with Crippen molar-refractivity contribution in [2.45, 2.75) is 25.9 Å². The Kier molecular flexibility index (Phi) is 3.34. The molecule has 0 saturated heterocycles. The average Bonchev–Trinajstić information content (AvgIpc) is 2.37. The Bertz CT molecular complexity index is 497. The van der Waals surface area contributed by atoms with E-state index in [0.717, 1.165) is 16.2 Å². The molecule has 5 heteroatoms. The van der Waals surface area contributed by atoms with Crippen molar-refractivity contribution in [1.29, 1.82) is 0 Å². The first-order valence-corrected chi connectivity index (χ1v) is 5.90. The number of fused-ring (bicyclic) bond motifs is 1. The summed E-state index contributed by atoms with van der Waals surface area (Å²) in [6.07, 6.45) is -0.268. The van der Waals surface area contributed by atoms with Gasteiger partial charge >= 0.3 is 0 Å². The Morgan fingerprint density at radius 1 is 1.44 bits per heavy atom. The maximum Gasteiger partial charge on any atom is 0.262 e. The molecule has 1 aromatic carbocycles. The standard InChI is InChI=1S/C13H16N2O3/c1-8(16)13(18)15-11-5-4-10(14-2)7-9(11)3-6-12(15)17/h4-5,7-8,14,16H,3,6H2,1-2H3. The fourth-order valence-corrected chi connectivity index (χ4v) is 2.08. The van der Waals surface area contributed by atoms with Gasteiger partial charge in [-0.1, -0.05) is 0 Å². The summed E-state index contributed by atoms with van der Waals surface area (Å²) in [4.78, 5) is 24.8. The molecule has 0 fully saturated rings. The summed E-state index contributed by atoms with van der Waals surface area (Å²) in [5.41, 5.74) is 2.46. The average molecular weight is 248 g/mol. The molecule has 0 saturated carbocycles. The predicted octanol–water partition coefficient (Wildman–Crippen LogP) is 0.915. The third-order valence-corrected chi connectivity index (χ3v) is 3.04. The molecule has 1 heterocycles. The molecule has 1 aliphatic rings. The van der Waals surface area contributed by atoms with E-state index in [4.69, 9.17) is 0 Å². The Hall–Kier alpha value is -1.88. The fourth-order valence-electron chi connectivity index (χ4n) is 2.08. The first-order chi connectivity index (χ1) is 8.54. The molecule has 1 aromatic rings. The number of carbonyl (C=O) groups is 2. The van der Waals surface area contributed by atoms with Gasteiger partial charge in [-0.15, -0.1) is 0 Å². The zero-order valence-corrected chi connectivity index (χ0v) is 10.4. The lowest BCUT2D eigenvalue weighted by Crippen LogP contribution is -2.44. The fraction of sp³-hybridized carbons (Fsp3) is 0.385. The molecule has 1 aliphatic heterocycles. The summed E-state index contributed by atoms with van der Waals surface area (Å²) < 4.78 is 0. The summed E-state index contributed by atoms with van der Waals surface area (Å²) >= 11 is 0. The molecule has 18 heavy (non-hydrogen) atoms. The van der Waals surface area contributed by atoms with Gasteiger partial charge in [-0.05, 0) is 37.1 Å². The number of imide groups is 1. The molecule has 96 valence electrons. The van der Waals surface area contributed by atoms with Crippen molar-refractivity contribution in [3.8, 4) is 0 Å². The molecule has 0 aliphatic carbocycles. The number of hydrogen-bond acceptors (Lipinski definition) is 4. The third kappa shape index (κ3) is 2.09. The molecule has 0 aromatic heterocycles. The molecule has 2 amide bonds. The highest BCUT2D eigenvalue weighted by molar-refractivity contribution is 6.17. The molecule has 0 bridgehead atoms. The zero-order valence-electron chi connectivity index (χ0n) is 10.4. The van der Waals surface area contributed by atoms with E-state index >= 15 is 0 Å². The third-order valence-electron chi connectivity index (χ3n) is 3.04. The number of aryl methyl sites for hydroxylation is 1. The van der Waals surface area contributed by atoms with E-state index < -0.39 is 12.0 Å². The van der Waals surface area contributed by atoms with Crippen LogP contribution in [0.3, 0.4) is 0 Å². The van der Waals surface area contributed by atoms with Crippen molar-refractivity contribution in [2.75, 3.05) is 17.3 Å². The van der Waals surface area contributed by atoms with Crippen molar-refractivity contribution in [3.05, 3.63) is 23.8 Å². The van der Waals surface area contributed by atoms with E-state index in [2.05, 4.69) is 5.32 Å². The number of anilines is 2. The lowest BCUT2D eigenvalue weighted by molar-refractivity contribution is -0.131. The van der Waals surface area contributed by atoms with E-state index in [1.807, 2.05) is 13.1 Å². The van der Waals surface area contributed by atoms with Crippen molar-refractivity contribution in [1.82, 2.24) is 0 Å². The number of carbonyl (C=O) groups excluding carboxylic acids is 2. The molecule has 5 nitrogen and oxygen atoms in total. The van der Waals surface area contributed by atoms with Crippen LogP contribution in [0, 0.1) is 0 Å². The maximum atomic E-state index is 11.9. The quantitative estimate of drug-likeness (QED) is 0.816. The van der Waals surface area contributed by atoms with Gasteiger partial charge in [0.2, 0.25) is 5.91 Å². The molecule has 0 radical (unpaired) electrons. The Morgan fingerprint density at radius 3 is 2.78 bits per heavy atom. The largest absolute Gasteiger partial charge is 0.388 e. The van der Waals surface area contributed by atoms with Gasteiger partial charge in [0.25, 0.3) is 5.91 Å². The van der Waals surface area contributed by atoms with E-state index in [0.29, 0.717) is 18.5 Å². The van der Waals surface area contributed by atoms with Crippen LogP contribution in [0.15, 0.2) is 18.2 Å². The van der Waals surface area contributed by atoms with Crippen LogP contribution in [-0.4, -0.2) is 30.1 Å². The minimum atomic E-state index is -1.18. The highest BCUT2D eigenvalue weighted by Gasteiger charge is 2.31. The van der Waals surface area contributed by atoms with Crippen molar-refractivity contribution < 1.29 is 14.7 Å². The summed E-state index contributed by atoms with van der Waals surface area (Å²) in [7, 11) is 1.81. The summed E-state index contributed by atoms with van der Waals surface area (Å²) in [6, 6.07) is 5.46. The van der Waals surface area contributed by atoms with Crippen LogP contribution in [0.4, 0.5) is 11.4 Å². The van der Waals surface area contributed by atoms with Gasteiger partial charge in [-0.25, -0.2) is 4.90 Å². The summed E-state index contributed by atoms with van der Waals surface area (Å²) in [5, 5.41) is 12.4. The molecule has 2 N–H and O–H groups in total. The van der Waals surface area contributed by atoms with Gasteiger partial charge in [0, 0.05) is 19.2 Å². The molecular formula is C13H16N2O3. The number of benzene rings is 1. The summed E-state index contributed by atoms with van der Waals surface area (Å²) in [6.45, 7) is 1.37. The van der Waals surface area contributed by atoms with Crippen LogP contribution in [-0.2, 0) is 16.0 Å². The van der Waals surface area contributed by atoms with E-state index in [1.165, 1.54) is 6.92 Å². The van der Waals surface area contributed by atoms with E-state index in [-0.39, 0.29) is 5.91 Å². The minimum absolute atomic E-state index is 0.259. The lowest BCUT2D eigenvalue weighted by Gasteiger charge is -2.29. The smallest absolute Gasteiger partial charge is 0.262 e. The maximum absolute atomic E-state index is 11.9. The van der Waals surface area contributed by atoms with E-state index in [9.17, 15) is 14.7 Å². The second kappa shape index (κ2) is 4.78. The zero-order chi connectivity index (χ0) is 13.3. The molecule has 2 rings (SSSR count). The number of aliphatic hydroxyl groups excluding tert-OH is 1. The van der Waals surface area contributed by atoms with E-state index in [1.54, 1.807) is 12.1 Å². The molecule has 1 atom stereocenters. The molecule has 0 spiro atoms. The normalized spacial score (nSPS) is 16.2. The van der Waals surface area contributed by atoms with Crippen LogP contribution >= 0.6 is 0 Å². The Balaban J connectivity index is 2.45. The Labute approximate surface area is 105 Å². The second-order valence-electron chi connectivity index (χ2n) is 4.34. The number of nitrogens with zero attached hydrogens (tertiary/aromatic N) is 1. The van der Waals surface area contributed by atoms with Crippen LogP contribution in [0.2, 0.25) is 0 Å².